The van der Waals surface area contributed by atoms with Crippen LogP contribution >= 0.6 is 23.2 Å². The lowest BCUT2D eigenvalue weighted by Crippen LogP contribution is -2.55. The summed E-state index contributed by atoms with van der Waals surface area (Å²) in [4.78, 5) is 30.6. The van der Waals surface area contributed by atoms with Crippen LogP contribution in [0.1, 0.15) is 55.7 Å². The van der Waals surface area contributed by atoms with E-state index in [-0.39, 0.29) is 29.8 Å². The highest BCUT2D eigenvalue weighted by atomic mass is 35.5. The van der Waals surface area contributed by atoms with Crippen LogP contribution in [0.5, 0.6) is 0 Å². The van der Waals surface area contributed by atoms with E-state index in [0.29, 0.717) is 27.7 Å². The summed E-state index contributed by atoms with van der Waals surface area (Å²) in [5.74, 6) is -0.857. The first-order valence-electron chi connectivity index (χ1n) is 16.4. The first-order chi connectivity index (χ1) is 23.2. The number of benzene rings is 4. The van der Waals surface area contributed by atoms with Gasteiger partial charge in [0.1, 0.15) is 12.6 Å². The lowest BCUT2D eigenvalue weighted by molar-refractivity contribution is -0.140. The molecule has 0 radical (unpaired) electrons. The van der Waals surface area contributed by atoms with Crippen molar-refractivity contribution in [3.05, 3.63) is 130 Å². The van der Waals surface area contributed by atoms with Gasteiger partial charge in [-0.2, -0.15) is 0 Å². The highest BCUT2D eigenvalue weighted by Gasteiger charge is 2.36. The minimum Gasteiger partial charge on any atom is -0.352 e. The van der Waals surface area contributed by atoms with Gasteiger partial charge >= 0.3 is 0 Å². The molecule has 1 aliphatic rings. The molecule has 4 aromatic rings. The third-order valence-electron chi connectivity index (χ3n) is 8.86. The summed E-state index contributed by atoms with van der Waals surface area (Å²) >= 11 is 13.3. The maximum atomic E-state index is 14.8. The number of rotatable bonds is 13. The van der Waals surface area contributed by atoms with Crippen LogP contribution in [0.2, 0.25) is 10.0 Å². The van der Waals surface area contributed by atoms with Crippen molar-refractivity contribution in [3.8, 4) is 0 Å². The molecule has 7 nitrogen and oxygen atoms in total. The number of nitrogens with one attached hydrogen (secondary N) is 1. The minimum absolute atomic E-state index is 0.00300. The Morgan fingerprint density at radius 2 is 1.42 bits per heavy atom. The van der Waals surface area contributed by atoms with Crippen molar-refractivity contribution in [2.45, 2.75) is 75.4 Å². The molecule has 1 aliphatic carbocycles. The number of amides is 2. The van der Waals surface area contributed by atoms with Crippen molar-refractivity contribution in [1.29, 1.82) is 0 Å². The van der Waals surface area contributed by atoms with Crippen molar-refractivity contribution in [2.24, 2.45) is 0 Å². The summed E-state index contributed by atoms with van der Waals surface area (Å²) in [6.45, 7) is 1.30. The number of carbonyl (C=O) groups excluding carboxylic acids is 2. The average molecular weight is 707 g/mol. The van der Waals surface area contributed by atoms with E-state index < -0.39 is 28.5 Å². The fourth-order valence-electron chi connectivity index (χ4n) is 6.24. The summed E-state index contributed by atoms with van der Waals surface area (Å²) in [7, 11) is -4.20. The lowest BCUT2D eigenvalue weighted by atomic mass is 9.94. The van der Waals surface area contributed by atoms with Gasteiger partial charge in [-0.15, -0.1) is 0 Å². The Kier molecular flexibility index (Phi) is 12.2. The molecule has 0 heterocycles. The van der Waals surface area contributed by atoms with Gasteiger partial charge in [-0.05, 0) is 60.7 Å². The van der Waals surface area contributed by atoms with Gasteiger partial charge < -0.3 is 10.2 Å². The first kappa shape index (κ1) is 35.5. The Balaban J connectivity index is 1.61. The molecule has 5 rings (SSSR count). The normalized spacial score (nSPS) is 14.2. The molecule has 48 heavy (non-hydrogen) atoms. The van der Waals surface area contributed by atoms with Gasteiger partial charge in [0.25, 0.3) is 10.0 Å². The Morgan fingerprint density at radius 1 is 0.812 bits per heavy atom. The Labute approximate surface area is 293 Å². The number of para-hydroxylation sites is 1. The van der Waals surface area contributed by atoms with Crippen LogP contribution in [-0.2, 0) is 39.0 Å². The Morgan fingerprint density at radius 3 is 2.06 bits per heavy atom. The van der Waals surface area contributed by atoms with E-state index in [1.165, 1.54) is 17.0 Å². The third-order valence-corrected chi connectivity index (χ3v) is 11.3. The van der Waals surface area contributed by atoms with E-state index >= 15 is 0 Å². The van der Waals surface area contributed by atoms with E-state index in [0.717, 1.165) is 47.5 Å². The third kappa shape index (κ3) is 8.59. The van der Waals surface area contributed by atoms with Crippen molar-refractivity contribution >= 4 is 50.7 Å². The summed E-state index contributed by atoms with van der Waals surface area (Å²) < 4.78 is 29.8. The number of aryl methyl sites for hydroxylation is 1. The van der Waals surface area contributed by atoms with Gasteiger partial charge in [-0.1, -0.05) is 122 Å². The van der Waals surface area contributed by atoms with Crippen molar-refractivity contribution < 1.29 is 18.0 Å². The number of sulfonamides is 1. The molecular weight excluding hydrogens is 665 g/mol. The molecule has 0 saturated heterocycles. The molecule has 1 saturated carbocycles. The molecule has 0 bridgehead atoms. The predicted molar refractivity (Wildman–Crippen MR) is 193 cm³/mol. The summed E-state index contributed by atoms with van der Waals surface area (Å²) in [6, 6.07) is 28.8. The first-order valence-corrected chi connectivity index (χ1v) is 18.6. The molecular formula is C38H41Cl2N3O4S. The van der Waals surface area contributed by atoms with Gasteiger partial charge in [-0.25, -0.2) is 8.42 Å². The molecule has 252 valence electrons. The van der Waals surface area contributed by atoms with Crippen molar-refractivity contribution in [3.63, 3.8) is 0 Å². The standard InChI is InChI=1S/C38H41Cl2N3O4S/c1-2-29-17-12-13-24-35(29)43(48(46,47)31-20-10-5-11-21-31)27-37(44)42(26-32-33(39)22-14-23-34(32)40)36(25-28-15-6-3-7-16-28)38(45)41-30-18-8-4-9-19-30/h3,5-7,10-17,20-24,30,36H,2,4,8-9,18-19,25-27H2,1H3,(H,41,45)/t36-/m1/s1. The summed E-state index contributed by atoms with van der Waals surface area (Å²) in [6.07, 6.45) is 5.66. The maximum absolute atomic E-state index is 14.8. The number of nitrogens with zero attached hydrogens (tertiary/aromatic N) is 2. The van der Waals surface area contributed by atoms with Crippen LogP contribution in [-0.4, -0.2) is 43.8 Å². The topological polar surface area (TPSA) is 86.8 Å². The second-order valence-electron chi connectivity index (χ2n) is 12.1. The second-order valence-corrected chi connectivity index (χ2v) is 14.8. The zero-order chi connectivity index (χ0) is 34.1. The monoisotopic (exact) mass is 705 g/mol. The predicted octanol–water partition coefficient (Wildman–Crippen LogP) is 7.84. The van der Waals surface area contributed by atoms with E-state index in [1.54, 1.807) is 48.5 Å². The van der Waals surface area contributed by atoms with E-state index in [1.807, 2.05) is 49.4 Å². The van der Waals surface area contributed by atoms with Crippen molar-refractivity contribution in [1.82, 2.24) is 10.2 Å². The Hall–Kier alpha value is -3.85. The van der Waals surface area contributed by atoms with Crippen LogP contribution in [0.15, 0.2) is 108 Å². The highest BCUT2D eigenvalue weighted by Crippen LogP contribution is 2.31. The molecule has 1 fully saturated rings. The summed E-state index contributed by atoms with van der Waals surface area (Å²) in [5, 5.41) is 3.91. The second kappa shape index (κ2) is 16.5. The van der Waals surface area contributed by atoms with E-state index in [9.17, 15) is 18.0 Å². The van der Waals surface area contributed by atoms with Crippen LogP contribution in [0.3, 0.4) is 0 Å². The molecule has 1 atom stereocenters. The molecule has 0 unspecified atom stereocenters. The fraction of sp³-hybridized carbons (Fsp3) is 0.316. The number of carbonyl (C=O) groups is 2. The van der Waals surface area contributed by atoms with Crippen LogP contribution in [0, 0.1) is 0 Å². The maximum Gasteiger partial charge on any atom is 0.264 e. The quantitative estimate of drug-likeness (QED) is 0.154. The highest BCUT2D eigenvalue weighted by molar-refractivity contribution is 7.92. The zero-order valence-corrected chi connectivity index (χ0v) is 29.4. The van der Waals surface area contributed by atoms with Crippen LogP contribution in [0.4, 0.5) is 5.69 Å². The average Bonchev–Trinajstić information content (AvgIpc) is 3.11. The molecule has 2 amide bonds. The van der Waals surface area contributed by atoms with Gasteiger partial charge in [0.15, 0.2) is 0 Å². The van der Waals surface area contributed by atoms with E-state index in [2.05, 4.69) is 5.32 Å². The van der Waals surface area contributed by atoms with Gasteiger partial charge in [0, 0.05) is 34.6 Å². The van der Waals surface area contributed by atoms with Gasteiger partial charge in [-0.3, -0.25) is 13.9 Å². The zero-order valence-electron chi connectivity index (χ0n) is 27.0. The SMILES string of the molecule is CCc1ccccc1N(CC(=O)N(Cc1c(Cl)cccc1Cl)[C@H](Cc1ccccc1)C(=O)NC1CCCCC1)S(=O)(=O)c1ccccc1. The number of halogens is 2. The smallest absolute Gasteiger partial charge is 0.264 e. The lowest BCUT2D eigenvalue weighted by Gasteiger charge is -2.35. The minimum atomic E-state index is -4.20. The molecule has 0 aliphatic heterocycles. The fourth-order valence-corrected chi connectivity index (χ4v) is 8.23. The molecule has 0 spiro atoms. The summed E-state index contributed by atoms with van der Waals surface area (Å²) in [5.41, 5.74) is 2.50. The molecule has 1 N–H and O–H groups in total. The van der Waals surface area contributed by atoms with Crippen LogP contribution < -0.4 is 9.62 Å². The van der Waals surface area contributed by atoms with Gasteiger partial charge in [0.05, 0.1) is 10.6 Å². The molecule has 0 aromatic heterocycles. The van der Waals surface area contributed by atoms with Crippen molar-refractivity contribution in [2.75, 3.05) is 10.8 Å². The largest absolute Gasteiger partial charge is 0.352 e. The van der Waals surface area contributed by atoms with E-state index in [4.69, 9.17) is 23.2 Å². The van der Waals surface area contributed by atoms with Gasteiger partial charge in [0.2, 0.25) is 11.8 Å². The number of hydrogen-bond acceptors (Lipinski definition) is 4. The number of hydrogen-bond donors (Lipinski definition) is 1. The molecule has 4 aromatic carbocycles. The number of anilines is 1. The van der Waals surface area contributed by atoms with Crippen LogP contribution in [0.25, 0.3) is 0 Å². The Bertz CT molecular complexity index is 1780. The molecule has 10 heteroatoms.